The molecule has 4 heterocycles. The quantitative estimate of drug-likeness (QED) is 0.199. The third-order valence-electron chi connectivity index (χ3n) is 5.87. The van der Waals surface area contributed by atoms with E-state index in [0.29, 0.717) is 45.4 Å². The minimum atomic E-state index is -4.23. The summed E-state index contributed by atoms with van der Waals surface area (Å²) in [4.78, 5) is 5.74. The Hall–Kier alpha value is -2.90. The van der Waals surface area contributed by atoms with Crippen LogP contribution in [0.5, 0.6) is 11.5 Å². The summed E-state index contributed by atoms with van der Waals surface area (Å²) in [6.07, 6.45) is 1.97. The van der Waals surface area contributed by atoms with Crippen LogP contribution in [0.15, 0.2) is 39.9 Å². The van der Waals surface area contributed by atoms with Crippen molar-refractivity contribution < 1.29 is 31.9 Å². The SMILES string of the molecule is COCCOCN(c1noc(C)c1Cl)S(=O)(=O)c1c(Cc2cc3c(cc2C)OCO3)sc2ncccc12. The van der Waals surface area contributed by atoms with Crippen LogP contribution in [-0.2, 0) is 25.9 Å². The first-order valence-corrected chi connectivity index (χ1v) is 13.9. The topological polar surface area (TPSA) is 113 Å². The highest BCUT2D eigenvalue weighted by molar-refractivity contribution is 7.93. The second-order valence-corrected chi connectivity index (χ2v) is 11.5. The molecule has 1 aliphatic heterocycles. The monoisotopic (exact) mass is 565 g/mol. The van der Waals surface area contributed by atoms with E-state index in [9.17, 15) is 8.42 Å². The number of methoxy groups -OCH3 is 1. The summed E-state index contributed by atoms with van der Waals surface area (Å²) in [6.45, 7) is 3.84. The summed E-state index contributed by atoms with van der Waals surface area (Å²) in [5, 5.41) is 4.51. The number of sulfonamides is 1. The summed E-state index contributed by atoms with van der Waals surface area (Å²) < 4.78 is 56.5. The maximum atomic E-state index is 14.3. The van der Waals surface area contributed by atoms with Crippen LogP contribution in [0.2, 0.25) is 5.02 Å². The molecule has 0 aliphatic carbocycles. The van der Waals surface area contributed by atoms with Gasteiger partial charge in [0.05, 0.1) is 13.2 Å². The van der Waals surface area contributed by atoms with Gasteiger partial charge in [-0.05, 0) is 49.2 Å². The largest absolute Gasteiger partial charge is 0.454 e. The predicted molar refractivity (Wildman–Crippen MR) is 138 cm³/mol. The normalized spacial score (nSPS) is 13.0. The number of thiophene rings is 1. The van der Waals surface area contributed by atoms with E-state index in [4.69, 9.17) is 35.1 Å². The van der Waals surface area contributed by atoms with Gasteiger partial charge in [-0.1, -0.05) is 16.8 Å². The lowest BCUT2D eigenvalue weighted by Crippen LogP contribution is -2.34. The van der Waals surface area contributed by atoms with Gasteiger partial charge in [0.25, 0.3) is 10.0 Å². The van der Waals surface area contributed by atoms with Gasteiger partial charge in [-0.2, -0.15) is 0 Å². The molecule has 0 N–H and O–H groups in total. The number of ether oxygens (including phenoxy) is 4. The fourth-order valence-electron chi connectivity index (χ4n) is 3.96. The van der Waals surface area contributed by atoms with Gasteiger partial charge in [0.2, 0.25) is 12.6 Å². The van der Waals surface area contributed by atoms with Gasteiger partial charge in [-0.3, -0.25) is 0 Å². The fraction of sp³-hybridized carbons (Fsp3) is 0.333. The van der Waals surface area contributed by atoms with Crippen LogP contribution in [-0.4, -0.2) is 52.4 Å². The number of aryl methyl sites for hydroxylation is 2. The Labute approximate surface area is 222 Å². The molecule has 196 valence electrons. The third kappa shape index (κ3) is 4.87. The molecule has 0 saturated heterocycles. The Kier molecular flexibility index (Phi) is 7.28. The zero-order valence-electron chi connectivity index (χ0n) is 20.3. The number of fused-ring (bicyclic) bond motifs is 2. The van der Waals surface area contributed by atoms with E-state index in [1.54, 1.807) is 25.3 Å². The molecular formula is C24H24ClN3O7S2. The van der Waals surface area contributed by atoms with E-state index in [1.807, 2.05) is 19.1 Å². The molecule has 3 aromatic heterocycles. The average molecular weight is 566 g/mol. The van der Waals surface area contributed by atoms with Crippen LogP contribution in [0.3, 0.4) is 0 Å². The molecule has 5 rings (SSSR count). The molecule has 0 spiro atoms. The number of aromatic nitrogens is 2. The first kappa shape index (κ1) is 25.7. The average Bonchev–Trinajstić information content (AvgIpc) is 3.57. The van der Waals surface area contributed by atoms with Crippen LogP contribution in [0, 0.1) is 13.8 Å². The molecule has 4 aromatic rings. The van der Waals surface area contributed by atoms with Crippen molar-refractivity contribution >= 4 is 49.0 Å². The molecule has 0 atom stereocenters. The molecule has 0 unspecified atom stereocenters. The smallest absolute Gasteiger partial charge is 0.269 e. The first-order valence-electron chi connectivity index (χ1n) is 11.3. The highest BCUT2D eigenvalue weighted by atomic mass is 35.5. The molecule has 13 heteroatoms. The van der Waals surface area contributed by atoms with E-state index >= 15 is 0 Å². The van der Waals surface area contributed by atoms with Crippen LogP contribution in [0.4, 0.5) is 5.82 Å². The molecular weight excluding hydrogens is 542 g/mol. The molecule has 0 amide bonds. The molecule has 10 nitrogen and oxygen atoms in total. The van der Waals surface area contributed by atoms with Crippen molar-refractivity contribution in [1.82, 2.24) is 10.1 Å². The number of nitrogens with zero attached hydrogens (tertiary/aromatic N) is 3. The van der Waals surface area contributed by atoms with Gasteiger partial charge in [0, 0.05) is 30.0 Å². The minimum Gasteiger partial charge on any atom is -0.454 e. The van der Waals surface area contributed by atoms with Crippen molar-refractivity contribution in [2.45, 2.75) is 25.2 Å². The second-order valence-electron chi connectivity index (χ2n) is 8.28. The van der Waals surface area contributed by atoms with Crippen LogP contribution < -0.4 is 13.8 Å². The Morgan fingerprint density at radius 2 is 1.97 bits per heavy atom. The van der Waals surface area contributed by atoms with Gasteiger partial charge >= 0.3 is 0 Å². The lowest BCUT2D eigenvalue weighted by Gasteiger charge is -2.22. The third-order valence-corrected chi connectivity index (χ3v) is 9.39. The van der Waals surface area contributed by atoms with Gasteiger partial charge in [-0.15, -0.1) is 11.3 Å². The van der Waals surface area contributed by atoms with E-state index in [0.717, 1.165) is 15.4 Å². The molecule has 1 aromatic carbocycles. The number of pyridine rings is 1. The van der Waals surface area contributed by atoms with Crippen molar-refractivity contribution in [3.63, 3.8) is 0 Å². The van der Waals surface area contributed by atoms with E-state index in [-0.39, 0.29) is 35.9 Å². The summed E-state index contributed by atoms with van der Waals surface area (Å²) in [5.74, 6) is 1.54. The summed E-state index contributed by atoms with van der Waals surface area (Å²) in [7, 11) is -2.70. The maximum Gasteiger partial charge on any atom is 0.269 e. The highest BCUT2D eigenvalue weighted by Crippen LogP contribution is 2.41. The minimum absolute atomic E-state index is 0.0509. The fourth-order valence-corrected chi connectivity index (χ4v) is 7.33. The van der Waals surface area contributed by atoms with Crippen molar-refractivity contribution in [3.8, 4) is 11.5 Å². The Morgan fingerprint density at radius 3 is 2.70 bits per heavy atom. The Bertz CT molecular complexity index is 1550. The molecule has 0 fully saturated rings. The molecule has 0 radical (unpaired) electrons. The van der Waals surface area contributed by atoms with Crippen LogP contribution in [0.25, 0.3) is 10.2 Å². The Balaban J connectivity index is 1.62. The maximum absolute atomic E-state index is 14.3. The van der Waals surface area contributed by atoms with Gasteiger partial charge in [0.1, 0.15) is 21.5 Å². The summed E-state index contributed by atoms with van der Waals surface area (Å²) in [5.41, 5.74) is 1.86. The lowest BCUT2D eigenvalue weighted by atomic mass is 10.0. The number of benzene rings is 1. The van der Waals surface area contributed by atoms with Gasteiger partial charge in [-0.25, -0.2) is 17.7 Å². The molecule has 37 heavy (non-hydrogen) atoms. The van der Waals surface area contributed by atoms with Gasteiger partial charge < -0.3 is 23.5 Å². The van der Waals surface area contributed by atoms with Crippen molar-refractivity contribution in [2.24, 2.45) is 0 Å². The van der Waals surface area contributed by atoms with Crippen LogP contribution in [0.1, 0.15) is 21.8 Å². The van der Waals surface area contributed by atoms with Gasteiger partial charge in [0.15, 0.2) is 17.3 Å². The van der Waals surface area contributed by atoms with Crippen molar-refractivity contribution in [2.75, 3.05) is 38.2 Å². The summed E-state index contributed by atoms with van der Waals surface area (Å²) in [6, 6.07) is 7.22. The second kappa shape index (κ2) is 10.5. The predicted octanol–water partition coefficient (Wildman–Crippen LogP) is 4.69. The lowest BCUT2D eigenvalue weighted by molar-refractivity contribution is 0.0753. The molecule has 1 aliphatic rings. The molecule has 0 saturated carbocycles. The first-order chi connectivity index (χ1) is 17.8. The number of halogens is 1. The zero-order chi connectivity index (χ0) is 26.2. The number of hydrogen-bond acceptors (Lipinski definition) is 10. The zero-order valence-corrected chi connectivity index (χ0v) is 22.7. The molecule has 0 bridgehead atoms. The van der Waals surface area contributed by atoms with E-state index in [1.165, 1.54) is 18.4 Å². The highest BCUT2D eigenvalue weighted by Gasteiger charge is 2.35. The Morgan fingerprint density at radius 1 is 1.19 bits per heavy atom. The number of hydrogen-bond donors (Lipinski definition) is 0. The van der Waals surface area contributed by atoms with Crippen molar-refractivity contribution in [1.29, 1.82) is 0 Å². The summed E-state index contributed by atoms with van der Waals surface area (Å²) >= 11 is 7.71. The van der Waals surface area contributed by atoms with Crippen LogP contribution >= 0.6 is 22.9 Å². The van der Waals surface area contributed by atoms with E-state index < -0.39 is 10.0 Å². The standard InChI is InChI=1S/C24H24ClN3O7S2/c1-14-9-18-19(34-13-33-18)10-16(14)11-20-22(17-5-4-6-26-24(17)36-20)37(29,30)28(12-32-8-7-31-3)23-21(25)15(2)35-27-23/h4-6,9-10H,7-8,11-13H2,1-3H3. The van der Waals surface area contributed by atoms with Crippen molar-refractivity contribution in [3.05, 3.63) is 57.2 Å². The van der Waals surface area contributed by atoms with E-state index in [2.05, 4.69) is 10.1 Å². The number of anilines is 1. The number of rotatable bonds is 10.